The van der Waals surface area contributed by atoms with E-state index >= 15 is 0 Å². The van der Waals surface area contributed by atoms with E-state index in [0.717, 1.165) is 0 Å². The molecule has 7 nitrogen and oxygen atoms in total. The minimum absolute atomic E-state index is 0.113. The van der Waals surface area contributed by atoms with Crippen LogP contribution in [0, 0.1) is 5.92 Å². The van der Waals surface area contributed by atoms with Gasteiger partial charge >= 0.3 is 12.0 Å². The Morgan fingerprint density at radius 2 is 1.88 bits per heavy atom. The van der Waals surface area contributed by atoms with Gasteiger partial charge in [0.05, 0.1) is 13.0 Å². The molecule has 132 valence electrons. The van der Waals surface area contributed by atoms with Gasteiger partial charge < -0.3 is 20.3 Å². The van der Waals surface area contributed by atoms with Crippen LogP contribution in [-0.2, 0) is 14.3 Å². The highest BCUT2D eigenvalue weighted by atomic mass is 16.5. The van der Waals surface area contributed by atoms with Gasteiger partial charge in [-0.05, 0) is 18.6 Å². The number of nitrogens with zero attached hydrogens (tertiary/aromatic N) is 1. The van der Waals surface area contributed by atoms with Crippen LogP contribution in [0.3, 0.4) is 0 Å². The molecule has 0 saturated carbocycles. The number of amides is 3. The molecule has 24 heavy (non-hydrogen) atoms. The molecule has 0 aromatic heterocycles. The summed E-state index contributed by atoms with van der Waals surface area (Å²) in [7, 11) is 1.32. The molecule has 1 aromatic carbocycles. The molecule has 0 heterocycles. The zero-order valence-corrected chi connectivity index (χ0v) is 14.4. The third-order valence-corrected chi connectivity index (χ3v) is 3.39. The number of para-hydroxylation sites is 1. The number of ether oxygens (including phenoxy) is 1. The summed E-state index contributed by atoms with van der Waals surface area (Å²) in [4.78, 5) is 36.5. The second-order valence-corrected chi connectivity index (χ2v) is 5.50. The van der Waals surface area contributed by atoms with Gasteiger partial charge in [0.25, 0.3) is 0 Å². The highest BCUT2D eigenvalue weighted by Gasteiger charge is 2.21. The van der Waals surface area contributed by atoms with Crippen LogP contribution in [0.15, 0.2) is 30.3 Å². The van der Waals surface area contributed by atoms with Crippen LogP contribution in [-0.4, -0.2) is 49.6 Å². The number of methoxy groups -OCH3 is 1. The first-order valence-electron chi connectivity index (χ1n) is 7.87. The molecule has 1 atom stereocenters. The molecule has 0 radical (unpaired) electrons. The molecule has 0 saturated heterocycles. The van der Waals surface area contributed by atoms with Crippen molar-refractivity contribution in [1.29, 1.82) is 0 Å². The molecule has 1 rings (SSSR count). The number of esters is 1. The molecular formula is C17H25N3O4. The number of carbonyl (C=O) groups is 3. The molecule has 0 bridgehead atoms. The maximum atomic E-state index is 12.5. The van der Waals surface area contributed by atoms with Crippen molar-refractivity contribution in [2.24, 2.45) is 5.92 Å². The lowest BCUT2D eigenvalue weighted by atomic mass is 10.1. The third kappa shape index (κ3) is 7.13. The van der Waals surface area contributed by atoms with E-state index in [9.17, 15) is 14.4 Å². The first-order valence-corrected chi connectivity index (χ1v) is 7.87. The van der Waals surface area contributed by atoms with Crippen LogP contribution in [0.25, 0.3) is 0 Å². The second kappa shape index (κ2) is 10.3. The van der Waals surface area contributed by atoms with Gasteiger partial charge in [-0.15, -0.1) is 0 Å². The Bertz CT molecular complexity index is 548. The maximum Gasteiger partial charge on any atom is 0.321 e. The summed E-state index contributed by atoms with van der Waals surface area (Å²) in [5, 5.41) is 5.49. The van der Waals surface area contributed by atoms with E-state index in [-0.39, 0.29) is 24.5 Å². The highest BCUT2D eigenvalue weighted by Crippen LogP contribution is 2.09. The molecule has 1 aromatic rings. The summed E-state index contributed by atoms with van der Waals surface area (Å²) in [5.74, 6) is -0.912. The van der Waals surface area contributed by atoms with Gasteiger partial charge in [-0.25, -0.2) is 4.79 Å². The summed E-state index contributed by atoms with van der Waals surface area (Å²) < 4.78 is 4.71. The molecule has 0 aliphatic carbocycles. The smallest absolute Gasteiger partial charge is 0.321 e. The second-order valence-electron chi connectivity index (χ2n) is 5.50. The average Bonchev–Trinajstić information content (AvgIpc) is 2.57. The lowest BCUT2D eigenvalue weighted by molar-refractivity contribution is -0.145. The number of hydrogen-bond donors (Lipinski definition) is 2. The number of benzene rings is 1. The lowest BCUT2D eigenvalue weighted by Gasteiger charge is -2.25. The van der Waals surface area contributed by atoms with Gasteiger partial charge in [-0.1, -0.05) is 25.1 Å². The Balaban J connectivity index is 2.65. The van der Waals surface area contributed by atoms with Crippen molar-refractivity contribution < 1.29 is 19.1 Å². The average molecular weight is 335 g/mol. The predicted molar refractivity (Wildman–Crippen MR) is 91.5 cm³/mol. The summed E-state index contributed by atoms with van der Waals surface area (Å²) in [5.41, 5.74) is 0.681. The fourth-order valence-corrected chi connectivity index (χ4v) is 2.14. The zero-order chi connectivity index (χ0) is 17.9. The Morgan fingerprint density at radius 3 is 2.46 bits per heavy atom. The summed E-state index contributed by atoms with van der Waals surface area (Å²) in [6, 6.07) is 8.80. The Hall–Kier alpha value is -2.57. The van der Waals surface area contributed by atoms with Crippen molar-refractivity contribution in [3.8, 4) is 0 Å². The molecule has 1 unspecified atom stereocenters. The maximum absolute atomic E-state index is 12.5. The van der Waals surface area contributed by atoms with E-state index in [1.165, 1.54) is 14.0 Å². The van der Waals surface area contributed by atoms with Crippen molar-refractivity contribution in [2.45, 2.75) is 20.3 Å². The largest absolute Gasteiger partial charge is 0.469 e. The Kier molecular flexibility index (Phi) is 8.32. The molecule has 0 spiro atoms. The van der Waals surface area contributed by atoms with E-state index in [2.05, 4.69) is 10.6 Å². The van der Waals surface area contributed by atoms with Crippen LogP contribution in [0.2, 0.25) is 0 Å². The monoisotopic (exact) mass is 335 g/mol. The van der Waals surface area contributed by atoms with Crippen LogP contribution in [0.5, 0.6) is 0 Å². The number of hydrogen-bond acceptors (Lipinski definition) is 4. The number of urea groups is 1. The van der Waals surface area contributed by atoms with E-state index in [4.69, 9.17) is 4.74 Å². The number of rotatable bonds is 8. The van der Waals surface area contributed by atoms with Crippen molar-refractivity contribution in [2.75, 3.05) is 32.1 Å². The first-order chi connectivity index (χ1) is 11.4. The van der Waals surface area contributed by atoms with Crippen LogP contribution in [0.1, 0.15) is 20.3 Å². The van der Waals surface area contributed by atoms with E-state index in [1.807, 2.05) is 18.2 Å². The molecule has 0 fully saturated rings. The summed E-state index contributed by atoms with van der Waals surface area (Å²) >= 11 is 0. The van der Waals surface area contributed by atoms with Crippen molar-refractivity contribution in [1.82, 2.24) is 10.2 Å². The number of anilines is 1. The van der Waals surface area contributed by atoms with E-state index in [1.54, 1.807) is 24.0 Å². The lowest BCUT2D eigenvalue weighted by Crippen LogP contribution is -2.41. The van der Waals surface area contributed by atoms with Gasteiger partial charge in [-0.2, -0.15) is 0 Å². The minimum atomic E-state index is -0.433. The van der Waals surface area contributed by atoms with E-state index in [0.29, 0.717) is 25.2 Å². The molecule has 2 N–H and O–H groups in total. The van der Waals surface area contributed by atoms with Gasteiger partial charge in [0.15, 0.2) is 0 Å². The third-order valence-electron chi connectivity index (χ3n) is 3.39. The SMILES string of the molecule is COC(=O)C(C)CN(CCCNC(C)=O)C(=O)Nc1ccccc1. The topological polar surface area (TPSA) is 87.7 Å². The quantitative estimate of drug-likeness (QED) is 0.561. The fraction of sp³-hybridized carbons (Fsp3) is 0.471. The molecular weight excluding hydrogens is 310 g/mol. The van der Waals surface area contributed by atoms with Gasteiger partial charge in [0.2, 0.25) is 5.91 Å². The highest BCUT2D eigenvalue weighted by molar-refractivity contribution is 5.89. The molecule has 7 heteroatoms. The predicted octanol–water partition coefficient (Wildman–Crippen LogP) is 1.86. The Labute approximate surface area is 142 Å². The zero-order valence-electron chi connectivity index (χ0n) is 14.4. The van der Waals surface area contributed by atoms with Crippen molar-refractivity contribution in [3.05, 3.63) is 30.3 Å². The Morgan fingerprint density at radius 1 is 1.21 bits per heavy atom. The number of carbonyl (C=O) groups excluding carboxylic acids is 3. The standard InChI is InChI=1S/C17H25N3O4/c1-13(16(22)24-3)12-20(11-7-10-18-14(2)21)17(23)19-15-8-5-4-6-9-15/h4-6,8-9,13H,7,10-12H2,1-3H3,(H,18,21)(H,19,23). The van der Waals surface area contributed by atoms with Crippen LogP contribution in [0.4, 0.5) is 10.5 Å². The first kappa shape index (κ1) is 19.5. The summed E-state index contributed by atoms with van der Waals surface area (Å²) in [6.07, 6.45) is 0.593. The fourth-order valence-electron chi connectivity index (χ4n) is 2.14. The van der Waals surface area contributed by atoms with Crippen molar-refractivity contribution in [3.63, 3.8) is 0 Å². The number of nitrogens with one attached hydrogen (secondary N) is 2. The van der Waals surface area contributed by atoms with E-state index < -0.39 is 5.92 Å². The normalized spacial score (nSPS) is 11.3. The molecule has 3 amide bonds. The minimum Gasteiger partial charge on any atom is -0.469 e. The van der Waals surface area contributed by atoms with Gasteiger partial charge in [0, 0.05) is 32.2 Å². The van der Waals surface area contributed by atoms with Crippen LogP contribution >= 0.6 is 0 Å². The van der Waals surface area contributed by atoms with Crippen molar-refractivity contribution >= 4 is 23.6 Å². The summed E-state index contributed by atoms with van der Waals surface area (Å²) in [6.45, 7) is 4.28. The molecule has 0 aliphatic rings. The molecule has 0 aliphatic heterocycles. The van der Waals surface area contributed by atoms with Gasteiger partial charge in [0.1, 0.15) is 0 Å². The van der Waals surface area contributed by atoms with Crippen LogP contribution < -0.4 is 10.6 Å². The van der Waals surface area contributed by atoms with Gasteiger partial charge in [-0.3, -0.25) is 9.59 Å².